The molecule has 2 heterocycles. The number of phosphoric acid groups is 2. The van der Waals surface area contributed by atoms with Crippen LogP contribution in [0.2, 0.25) is 0 Å². The van der Waals surface area contributed by atoms with E-state index < -0.39 is 58.7 Å². The third-order valence-corrected chi connectivity index (χ3v) is 7.74. The Morgan fingerprint density at radius 3 is 2.22 bits per heavy atom. The Labute approximate surface area is 274 Å². The van der Waals surface area contributed by atoms with E-state index in [1.54, 1.807) is 0 Å². The molecule has 1 saturated heterocycles. The number of nitrogens with one attached hydrogen (secondary N) is 1. The van der Waals surface area contributed by atoms with Gasteiger partial charge < -0.3 is 38.5 Å². The van der Waals surface area contributed by atoms with E-state index in [9.17, 15) is 43.4 Å². The molecule has 2 N–H and O–H groups in total. The van der Waals surface area contributed by atoms with Crippen molar-refractivity contribution in [2.24, 2.45) is 0 Å². The first-order valence-electron chi connectivity index (χ1n) is 7.04. The van der Waals surface area contributed by atoms with Crippen LogP contribution in [0.1, 0.15) is 12.6 Å². The minimum absolute atomic E-state index is 0. The van der Waals surface area contributed by atoms with Crippen molar-refractivity contribution in [3.63, 3.8) is 0 Å². The normalized spacial score (nSPS) is 23.8. The number of aromatic nitrogens is 2. The quantitative estimate of drug-likeness (QED) is 0.217. The molecule has 1 aromatic rings. The van der Waals surface area contributed by atoms with Crippen molar-refractivity contribution >= 4 is 34.2 Å². The molecular weight excluding hydrogens is 561 g/mol. The zero-order valence-corrected chi connectivity index (χ0v) is 28.8. The smallest absolute Gasteiger partial charge is 0.790 e. The van der Waals surface area contributed by atoms with Gasteiger partial charge in [0.15, 0.2) is 0 Å². The van der Waals surface area contributed by atoms with Crippen LogP contribution in [0.4, 0.5) is 0 Å². The summed E-state index contributed by atoms with van der Waals surface area (Å²) in [5.41, 5.74) is -1.48. The summed E-state index contributed by atoms with van der Waals surface area (Å²) in [7, 11) is -11.9. The van der Waals surface area contributed by atoms with Gasteiger partial charge >= 0.3 is 124 Å². The molecule has 15 nitrogen and oxygen atoms in total. The summed E-state index contributed by atoms with van der Waals surface area (Å²) in [6.07, 6.45) is -2.61. The molecule has 0 spiro atoms. The summed E-state index contributed by atoms with van der Waals surface area (Å²) < 4.78 is 39.1. The van der Waals surface area contributed by atoms with Crippen molar-refractivity contribution in [1.82, 2.24) is 9.55 Å². The molecule has 2 rings (SSSR count). The Kier molecular flexibility index (Phi) is 20.5. The van der Waals surface area contributed by atoms with Gasteiger partial charge in [-0.15, -0.1) is 0 Å². The van der Waals surface area contributed by atoms with Gasteiger partial charge in [-0.05, 0) is 0 Å². The third kappa shape index (κ3) is 13.8. The molecule has 0 aliphatic carbocycles. The summed E-state index contributed by atoms with van der Waals surface area (Å²) in [6, 6.07) is 1.03. The maximum absolute atomic E-state index is 11.8. The Morgan fingerprint density at radius 1 is 1.16 bits per heavy atom. The molecule has 32 heavy (non-hydrogen) atoms. The average Bonchev–Trinajstić information content (AvgIpc) is 2.82. The second kappa shape index (κ2) is 16.4. The van der Waals surface area contributed by atoms with Crippen LogP contribution in [0.15, 0.2) is 21.9 Å². The van der Waals surface area contributed by atoms with Gasteiger partial charge in [-0.1, -0.05) is 11.8 Å². The van der Waals surface area contributed by atoms with E-state index in [0.717, 1.165) is 16.8 Å². The van der Waals surface area contributed by atoms with E-state index in [0.29, 0.717) is 0 Å². The predicted octanol–water partition coefficient (Wildman–Crippen LogP) is -15.9. The molecule has 0 bridgehead atoms. The van der Waals surface area contributed by atoms with Gasteiger partial charge in [-0.2, -0.15) is 0 Å². The first kappa shape index (κ1) is 39.9. The fourth-order valence-corrected chi connectivity index (χ4v) is 5.92. The first-order valence-corrected chi connectivity index (χ1v) is 12.5. The number of nitrogens with zero attached hydrogens (tertiary/aromatic N) is 1. The number of hydrogen-bond donors (Lipinski definition) is 2. The summed E-state index contributed by atoms with van der Waals surface area (Å²) in [4.78, 5) is 68.3. The Bertz CT molecular complexity index is 988. The number of hydrogen-bond acceptors (Lipinski definition) is 14. The first-order chi connectivity index (χ1) is 12.7. The van der Waals surface area contributed by atoms with Gasteiger partial charge in [-0.25, -0.2) is 4.79 Å². The van der Waals surface area contributed by atoms with Crippen LogP contribution in [-0.4, -0.2) is 33.5 Å². The van der Waals surface area contributed by atoms with Crippen molar-refractivity contribution < 1.29 is 170 Å². The maximum Gasteiger partial charge on any atom is 1.00 e. The molecule has 0 aromatic carbocycles. The van der Waals surface area contributed by atoms with Crippen LogP contribution in [0, 0.1) is 0 Å². The van der Waals surface area contributed by atoms with Crippen LogP contribution in [-0.2, 0) is 38.8 Å². The molecule has 2 unspecified atom stereocenters. The van der Waals surface area contributed by atoms with Gasteiger partial charge in [0.25, 0.3) is 13.4 Å². The second-order valence-electron chi connectivity index (χ2n) is 5.25. The number of aliphatic hydroxyl groups is 1. The average molecular weight is 572 g/mol. The van der Waals surface area contributed by atoms with Crippen LogP contribution in [0.5, 0.6) is 0 Å². The van der Waals surface area contributed by atoms with Crippen molar-refractivity contribution in [1.29, 1.82) is 0 Å². The summed E-state index contributed by atoms with van der Waals surface area (Å²) in [5, 5.41) is 9.93. The van der Waals surface area contributed by atoms with Crippen LogP contribution < -0.4 is 149 Å². The van der Waals surface area contributed by atoms with Gasteiger partial charge in [0.2, 0.25) is 0 Å². The third-order valence-electron chi connectivity index (χ3n) is 3.16. The molecular formula is C9H11N2Na4O13P3S. The molecule has 1 aliphatic rings. The molecule has 1 fully saturated rings. The van der Waals surface area contributed by atoms with Gasteiger partial charge in [-0.3, -0.25) is 27.5 Å². The largest absolute Gasteiger partial charge is 1.00 e. The van der Waals surface area contributed by atoms with Gasteiger partial charge in [0.05, 0.1) is 20.5 Å². The minimum atomic E-state index is -6.02. The van der Waals surface area contributed by atoms with Gasteiger partial charge in [0.1, 0.15) is 19.1 Å². The van der Waals surface area contributed by atoms with Crippen LogP contribution in [0.25, 0.3) is 0 Å². The van der Waals surface area contributed by atoms with Gasteiger partial charge in [0, 0.05) is 18.7 Å². The topological polar surface area (TPSA) is 238 Å². The van der Waals surface area contributed by atoms with Crippen LogP contribution in [0.3, 0.4) is 0 Å². The van der Waals surface area contributed by atoms with Crippen molar-refractivity contribution in [2.75, 3.05) is 6.61 Å². The van der Waals surface area contributed by atoms with Crippen molar-refractivity contribution in [2.45, 2.75) is 24.9 Å². The Balaban J connectivity index is -0.00000210. The van der Waals surface area contributed by atoms with E-state index in [4.69, 9.17) is 4.74 Å². The Morgan fingerprint density at radius 2 is 1.72 bits per heavy atom. The molecule has 0 amide bonds. The SMILES string of the molecule is O=c1ccn([C@@H]2C[C@@H](O)[C@H](COP([O-])(=S)OP(=O)([O-])OP(=O)([O-])[O-])O2)c(=O)[nH]1.[Na+].[Na+].[Na+].[Na+]. The summed E-state index contributed by atoms with van der Waals surface area (Å²) in [6.45, 7) is -5.70. The standard InChI is InChI=1S/C9H15N2O13P3S.4Na/c12-5-3-8(11-2-1-7(13)10-9(11)14)22-6(5)4-21-27(20,28)24-26(18,19)23-25(15,16)17;;;;/h1-2,5-6,8,12H,3-4H2,(H,18,19)(H,20,28)(H,10,13,14)(H2,15,16,17);;;;/q;4*+1/p-4/t5-,6+,8+,27?;;;;/m1..../s1. The monoisotopic (exact) mass is 572 g/mol. The Hall–Kier alpha value is 3.43. The molecule has 160 valence electrons. The predicted molar refractivity (Wildman–Crippen MR) is 83.5 cm³/mol. The van der Waals surface area contributed by atoms with E-state index in [2.05, 4.69) is 25.0 Å². The number of aliphatic hydroxyl groups excluding tert-OH is 1. The zero-order chi connectivity index (χ0) is 21.3. The summed E-state index contributed by atoms with van der Waals surface area (Å²) in [5.74, 6) is 0. The number of rotatable bonds is 8. The van der Waals surface area contributed by atoms with E-state index in [-0.39, 0.29) is 125 Å². The minimum Gasteiger partial charge on any atom is -0.790 e. The van der Waals surface area contributed by atoms with Crippen molar-refractivity contribution in [3.8, 4) is 0 Å². The summed E-state index contributed by atoms with van der Waals surface area (Å²) >= 11 is 4.24. The number of ether oxygens (including phenoxy) is 1. The maximum atomic E-state index is 11.8. The molecule has 0 radical (unpaired) electrons. The molecule has 5 atom stereocenters. The second-order valence-corrected chi connectivity index (χ2v) is 10.8. The fourth-order valence-electron chi connectivity index (χ4n) is 2.14. The fraction of sp³-hybridized carbons (Fsp3) is 0.556. The van der Waals surface area contributed by atoms with E-state index in [1.165, 1.54) is 0 Å². The number of H-pyrrole nitrogens is 1. The number of aromatic amines is 1. The zero-order valence-electron chi connectivity index (χ0n) is 17.3. The van der Waals surface area contributed by atoms with E-state index in [1.807, 2.05) is 4.98 Å². The molecule has 23 heteroatoms. The van der Waals surface area contributed by atoms with Crippen molar-refractivity contribution in [3.05, 3.63) is 33.1 Å². The van der Waals surface area contributed by atoms with Crippen LogP contribution >= 0.6 is 22.4 Å². The molecule has 1 aliphatic heterocycles. The molecule has 1 aromatic heterocycles. The molecule has 0 saturated carbocycles. The van der Waals surface area contributed by atoms with E-state index >= 15 is 0 Å².